The average molecular weight is 295 g/mol. The van der Waals surface area contributed by atoms with Crippen molar-refractivity contribution in [3.63, 3.8) is 0 Å². The van der Waals surface area contributed by atoms with Gasteiger partial charge in [0.05, 0.1) is 5.69 Å². The molecule has 16 heavy (non-hydrogen) atoms. The second-order valence-corrected chi connectivity index (χ2v) is 4.80. The Bertz CT molecular complexity index is 617. The number of halogens is 1. The molecule has 3 rings (SSSR count). The molecule has 0 bridgehead atoms. The van der Waals surface area contributed by atoms with Crippen molar-refractivity contribution in [2.45, 2.75) is 0 Å². The zero-order chi connectivity index (χ0) is 11.0. The molecule has 3 aromatic heterocycles. The van der Waals surface area contributed by atoms with Gasteiger partial charge in [0, 0.05) is 24.0 Å². The number of anilines is 2. The average Bonchev–Trinajstić information content (AvgIpc) is 2.87. The van der Waals surface area contributed by atoms with Gasteiger partial charge < -0.3 is 9.72 Å². The van der Waals surface area contributed by atoms with Gasteiger partial charge in [0.25, 0.3) is 0 Å². The Kier molecular flexibility index (Phi) is 2.37. The number of aromatic nitrogens is 3. The lowest BCUT2D eigenvalue weighted by molar-refractivity contribution is 1.10. The van der Waals surface area contributed by atoms with E-state index in [2.05, 4.69) is 31.2 Å². The van der Waals surface area contributed by atoms with Gasteiger partial charge in [0.1, 0.15) is 4.60 Å². The Labute approximate surface area is 104 Å². The fourth-order valence-corrected chi connectivity index (χ4v) is 2.44. The Morgan fingerprint density at radius 3 is 3.19 bits per heavy atom. The van der Waals surface area contributed by atoms with E-state index in [9.17, 15) is 0 Å². The van der Waals surface area contributed by atoms with Crippen LogP contribution in [0.3, 0.4) is 0 Å². The summed E-state index contributed by atoms with van der Waals surface area (Å²) in [6, 6.07) is 2.01. The second-order valence-electron chi connectivity index (χ2n) is 3.21. The third kappa shape index (κ3) is 1.70. The fraction of sp³-hybridized carbons (Fsp3) is 0. The van der Waals surface area contributed by atoms with Gasteiger partial charge >= 0.3 is 0 Å². The molecule has 3 aromatic rings. The van der Waals surface area contributed by atoms with Gasteiger partial charge in [0.2, 0.25) is 0 Å². The summed E-state index contributed by atoms with van der Waals surface area (Å²) in [6.45, 7) is 0. The number of nitrogens with zero attached hydrogens (tertiary/aromatic N) is 3. The van der Waals surface area contributed by atoms with Crippen molar-refractivity contribution in [3.05, 3.63) is 40.0 Å². The largest absolute Gasteiger partial charge is 0.336 e. The highest BCUT2D eigenvalue weighted by molar-refractivity contribution is 9.10. The molecule has 0 radical (unpaired) electrons. The summed E-state index contributed by atoms with van der Waals surface area (Å²) < 4.78 is 2.70. The standard InChI is InChI=1S/C10H7BrN4S/c11-8-5-15-3-2-12-10(15)9(14-8)13-7-1-4-16-6-7/h1-6H,(H,13,14). The molecule has 0 aliphatic heterocycles. The Balaban J connectivity index is 2.11. The molecule has 1 N–H and O–H groups in total. The van der Waals surface area contributed by atoms with Gasteiger partial charge in [0.15, 0.2) is 11.5 Å². The Hall–Kier alpha value is -1.40. The molecule has 0 unspecified atom stereocenters. The number of rotatable bonds is 2. The number of imidazole rings is 1. The van der Waals surface area contributed by atoms with E-state index in [-0.39, 0.29) is 0 Å². The molecule has 0 aliphatic rings. The van der Waals surface area contributed by atoms with Crippen LogP contribution in [0.1, 0.15) is 0 Å². The van der Waals surface area contributed by atoms with Crippen LogP contribution in [0.25, 0.3) is 5.65 Å². The van der Waals surface area contributed by atoms with Crippen molar-refractivity contribution in [2.24, 2.45) is 0 Å². The second kappa shape index (κ2) is 3.88. The zero-order valence-electron chi connectivity index (χ0n) is 8.09. The summed E-state index contributed by atoms with van der Waals surface area (Å²) in [5.74, 6) is 0.748. The summed E-state index contributed by atoms with van der Waals surface area (Å²) in [4.78, 5) is 8.64. The van der Waals surface area contributed by atoms with Crippen LogP contribution in [0.15, 0.2) is 40.0 Å². The van der Waals surface area contributed by atoms with Gasteiger partial charge in [-0.3, -0.25) is 0 Å². The molecule has 0 aromatic carbocycles. The molecule has 0 aliphatic carbocycles. The molecule has 80 valence electrons. The molecular formula is C10H7BrN4S. The molecule has 0 amide bonds. The molecule has 0 atom stereocenters. The van der Waals surface area contributed by atoms with Crippen LogP contribution in [-0.4, -0.2) is 14.4 Å². The van der Waals surface area contributed by atoms with Crippen molar-refractivity contribution in [2.75, 3.05) is 5.32 Å². The van der Waals surface area contributed by atoms with E-state index in [1.165, 1.54) is 0 Å². The summed E-state index contributed by atoms with van der Waals surface area (Å²) in [5, 5.41) is 7.29. The molecule has 0 fully saturated rings. The number of thiophene rings is 1. The van der Waals surface area contributed by atoms with E-state index in [0.717, 1.165) is 21.8 Å². The number of hydrogen-bond acceptors (Lipinski definition) is 4. The SMILES string of the molecule is Brc1cn2ccnc2c(Nc2ccsc2)n1. The highest BCUT2D eigenvalue weighted by Gasteiger charge is 2.06. The summed E-state index contributed by atoms with van der Waals surface area (Å²) in [6.07, 6.45) is 5.52. The van der Waals surface area contributed by atoms with Gasteiger partial charge in [-0.15, -0.1) is 0 Å². The minimum atomic E-state index is 0.748. The molecule has 4 nitrogen and oxygen atoms in total. The van der Waals surface area contributed by atoms with Crippen LogP contribution in [-0.2, 0) is 0 Å². The molecule has 0 saturated carbocycles. The Morgan fingerprint density at radius 2 is 2.38 bits per heavy atom. The minimum absolute atomic E-state index is 0.748. The van der Waals surface area contributed by atoms with E-state index < -0.39 is 0 Å². The van der Waals surface area contributed by atoms with Crippen LogP contribution in [0.2, 0.25) is 0 Å². The quantitative estimate of drug-likeness (QED) is 0.788. The first-order chi connectivity index (χ1) is 7.83. The lowest BCUT2D eigenvalue weighted by atomic mass is 10.5. The lowest BCUT2D eigenvalue weighted by Crippen LogP contribution is -1.97. The fourth-order valence-electron chi connectivity index (χ4n) is 1.46. The zero-order valence-corrected chi connectivity index (χ0v) is 10.5. The molecule has 0 spiro atoms. The van der Waals surface area contributed by atoms with Crippen LogP contribution < -0.4 is 5.32 Å². The topological polar surface area (TPSA) is 42.2 Å². The maximum atomic E-state index is 4.38. The van der Waals surface area contributed by atoms with Crippen LogP contribution in [0.4, 0.5) is 11.5 Å². The number of nitrogens with one attached hydrogen (secondary N) is 1. The first kappa shape index (κ1) is 9.80. The Morgan fingerprint density at radius 1 is 1.44 bits per heavy atom. The van der Waals surface area contributed by atoms with E-state index in [1.54, 1.807) is 17.5 Å². The summed E-state index contributed by atoms with van der Waals surface area (Å²) in [7, 11) is 0. The number of fused-ring (bicyclic) bond motifs is 1. The van der Waals surface area contributed by atoms with Crippen molar-refractivity contribution >= 4 is 44.4 Å². The summed E-state index contributed by atoms with van der Waals surface area (Å²) in [5.41, 5.74) is 1.84. The van der Waals surface area contributed by atoms with Crippen LogP contribution in [0.5, 0.6) is 0 Å². The molecule has 0 saturated heterocycles. The molecule has 3 heterocycles. The summed E-state index contributed by atoms with van der Waals surface area (Å²) >= 11 is 5.02. The monoisotopic (exact) mass is 294 g/mol. The van der Waals surface area contributed by atoms with Crippen molar-refractivity contribution in [3.8, 4) is 0 Å². The first-order valence-corrected chi connectivity index (χ1v) is 6.35. The van der Waals surface area contributed by atoms with Gasteiger partial charge in [-0.1, -0.05) is 0 Å². The maximum absolute atomic E-state index is 4.38. The maximum Gasteiger partial charge on any atom is 0.180 e. The van der Waals surface area contributed by atoms with Gasteiger partial charge in [-0.2, -0.15) is 11.3 Å². The van der Waals surface area contributed by atoms with Crippen LogP contribution >= 0.6 is 27.3 Å². The third-order valence-corrected chi connectivity index (χ3v) is 3.19. The first-order valence-electron chi connectivity index (χ1n) is 4.61. The van der Waals surface area contributed by atoms with Gasteiger partial charge in [-0.25, -0.2) is 9.97 Å². The third-order valence-electron chi connectivity index (χ3n) is 2.13. The minimum Gasteiger partial charge on any atom is -0.336 e. The number of hydrogen-bond donors (Lipinski definition) is 1. The van der Waals surface area contributed by atoms with Crippen LogP contribution in [0, 0.1) is 0 Å². The highest BCUT2D eigenvalue weighted by atomic mass is 79.9. The van der Waals surface area contributed by atoms with E-state index in [1.807, 2.05) is 33.6 Å². The predicted molar refractivity (Wildman–Crippen MR) is 68.3 cm³/mol. The van der Waals surface area contributed by atoms with E-state index in [4.69, 9.17) is 0 Å². The van der Waals surface area contributed by atoms with Crippen molar-refractivity contribution in [1.82, 2.24) is 14.4 Å². The molecule has 6 heteroatoms. The molecular weight excluding hydrogens is 288 g/mol. The van der Waals surface area contributed by atoms with E-state index in [0.29, 0.717) is 0 Å². The smallest absolute Gasteiger partial charge is 0.180 e. The van der Waals surface area contributed by atoms with E-state index >= 15 is 0 Å². The predicted octanol–water partition coefficient (Wildman–Crippen LogP) is 3.30. The van der Waals surface area contributed by atoms with Gasteiger partial charge in [-0.05, 0) is 27.4 Å². The van der Waals surface area contributed by atoms with Crippen molar-refractivity contribution in [1.29, 1.82) is 0 Å². The normalized spacial score (nSPS) is 10.8. The lowest BCUT2D eigenvalue weighted by Gasteiger charge is -2.05. The van der Waals surface area contributed by atoms with Crippen molar-refractivity contribution < 1.29 is 0 Å². The highest BCUT2D eigenvalue weighted by Crippen LogP contribution is 2.22.